The van der Waals surface area contributed by atoms with Crippen molar-refractivity contribution in [2.75, 3.05) is 14.2 Å². The van der Waals surface area contributed by atoms with E-state index in [4.69, 9.17) is 30.2 Å². The zero-order valence-electron chi connectivity index (χ0n) is 20.7. The molecule has 186 valence electrons. The van der Waals surface area contributed by atoms with E-state index >= 15 is 0 Å². The van der Waals surface area contributed by atoms with E-state index in [1.807, 2.05) is 67.6 Å². The van der Waals surface area contributed by atoms with Crippen molar-refractivity contribution in [2.45, 2.75) is 13.0 Å². The molecule has 0 amide bonds. The predicted octanol–water partition coefficient (Wildman–Crippen LogP) is 7.61. The van der Waals surface area contributed by atoms with Gasteiger partial charge in [-0.2, -0.15) is 0 Å². The molecule has 0 saturated carbocycles. The Hall–Kier alpha value is -4.22. The first-order chi connectivity index (χ1) is 18.0. The molecule has 0 spiro atoms. The molecule has 0 atom stereocenters. The second-order valence-corrected chi connectivity index (χ2v) is 8.98. The number of hydrogen-bond donors (Lipinski definition) is 0. The van der Waals surface area contributed by atoms with Gasteiger partial charge in [0.1, 0.15) is 11.7 Å². The molecule has 0 fully saturated rings. The standard InChI is InChI=1S/C31H25ClO5/c1-19-16-26-23(18-24(19)32)28(33)31(30(36-26)22-14-15-25(34-2)27(17-22)35-3)37-29(20-10-6-4-7-11-20)21-12-8-5-9-13-21/h4-18,29H,1-3H3. The van der Waals surface area contributed by atoms with E-state index in [0.717, 1.165) is 16.7 Å². The van der Waals surface area contributed by atoms with Gasteiger partial charge in [-0.05, 0) is 53.9 Å². The van der Waals surface area contributed by atoms with Gasteiger partial charge >= 0.3 is 0 Å². The van der Waals surface area contributed by atoms with E-state index in [2.05, 4.69) is 0 Å². The number of halogens is 1. The van der Waals surface area contributed by atoms with Crippen molar-refractivity contribution in [3.05, 3.63) is 123 Å². The molecule has 1 heterocycles. The minimum absolute atomic E-state index is 0.0809. The number of aryl methyl sites for hydroxylation is 1. The first-order valence-corrected chi connectivity index (χ1v) is 12.1. The lowest BCUT2D eigenvalue weighted by atomic mass is 10.0. The van der Waals surface area contributed by atoms with Crippen LogP contribution in [0.4, 0.5) is 0 Å². The zero-order chi connectivity index (χ0) is 25.9. The first-order valence-electron chi connectivity index (χ1n) is 11.8. The Labute approximate surface area is 219 Å². The maximum atomic E-state index is 14.0. The molecule has 0 radical (unpaired) electrons. The van der Waals surface area contributed by atoms with Crippen molar-refractivity contribution in [1.82, 2.24) is 0 Å². The maximum Gasteiger partial charge on any atom is 0.235 e. The van der Waals surface area contributed by atoms with Crippen molar-refractivity contribution in [2.24, 2.45) is 0 Å². The molecule has 0 aliphatic carbocycles. The normalized spacial score (nSPS) is 11.1. The molecule has 0 saturated heterocycles. The summed E-state index contributed by atoms with van der Waals surface area (Å²) in [7, 11) is 3.13. The smallest absolute Gasteiger partial charge is 0.235 e. The van der Waals surface area contributed by atoms with Crippen LogP contribution in [0.1, 0.15) is 22.8 Å². The van der Waals surface area contributed by atoms with Gasteiger partial charge in [0.15, 0.2) is 17.3 Å². The van der Waals surface area contributed by atoms with Crippen LogP contribution in [0.2, 0.25) is 5.02 Å². The molecule has 0 bridgehead atoms. The molecule has 5 rings (SSSR count). The fourth-order valence-corrected chi connectivity index (χ4v) is 4.44. The number of ether oxygens (including phenoxy) is 3. The Kier molecular flexibility index (Phi) is 6.89. The average Bonchev–Trinajstić information content (AvgIpc) is 2.94. The Balaban J connectivity index is 1.77. The molecule has 1 aromatic heterocycles. The van der Waals surface area contributed by atoms with Crippen LogP contribution in [0.3, 0.4) is 0 Å². The summed E-state index contributed by atoms with van der Waals surface area (Å²) in [5.74, 6) is 1.43. The fourth-order valence-electron chi connectivity index (χ4n) is 4.28. The van der Waals surface area contributed by atoms with Crippen LogP contribution in [-0.4, -0.2) is 14.2 Å². The Morgan fingerprint density at radius 1 is 0.784 bits per heavy atom. The molecule has 5 nitrogen and oxygen atoms in total. The second-order valence-electron chi connectivity index (χ2n) is 8.58. The second kappa shape index (κ2) is 10.4. The van der Waals surface area contributed by atoms with Crippen LogP contribution in [0.15, 0.2) is 100 Å². The first kappa shape index (κ1) is 24.5. The van der Waals surface area contributed by atoms with Gasteiger partial charge in [-0.15, -0.1) is 0 Å². The Bertz CT molecular complexity index is 1570. The number of benzene rings is 4. The molecule has 0 aliphatic rings. The van der Waals surface area contributed by atoms with E-state index in [1.165, 1.54) is 0 Å². The van der Waals surface area contributed by atoms with Crippen LogP contribution in [0.25, 0.3) is 22.3 Å². The number of fused-ring (bicyclic) bond motifs is 1. The summed E-state index contributed by atoms with van der Waals surface area (Å²) in [6.45, 7) is 1.86. The van der Waals surface area contributed by atoms with Gasteiger partial charge < -0.3 is 18.6 Å². The largest absolute Gasteiger partial charge is 0.493 e. The molecular weight excluding hydrogens is 488 g/mol. The van der Waals surface area contributed by atoms with E-state index < -0.39 is 6.10 Å². The van der Waals surface area contributed by atoms with E-state index in [1.54, 1.807) is 44.6 Å². The topological polar surface area (TPSA) is 57.9 Å². The molecule has 0 N–H and O–H groups in total. The third-order valence-electron chi connectivity index (χ3n) is 6.22. The van der Waals surface area contributed by atoms with Crippen LogP contribution in [-0.2, 0) is 0 Å². The summed E-state index contributed by atoms with van der Waals surface area (Å²) < 4.78 is 23.9. The molecule has 0 unspecified atom stereocenters. The lowest BCUT2D eigenvalue weighted by Crippen LogP contribution is -2.16. The SMILES string of the molecule is COc1ccc(-c2oc3cc(C)c(Cl)cc3c(=O)c2OC(c2ccccc2)c2ccccc2)cc1OC. The quantitative estimate of drug-likeness (QED) is 0.224. The van der Waals surface area contributed by atoms with Crippen molar-refractivity contribution >= 4 is 22.6 Å². The average molecular weight is 513 g/mol. The minimum atomic E-state index is -0.553. The summed E-state index contributed by atoms with van der Waals surface area (Å²) in [6, 6.07) is 28.2. The summed E-state index contributed by atoms with van der Waals surface area (Å²) in [4.78, 5) is 14.0. The highest BCUT2D eigenvalue weighted by molar-refractivity contribution is 6.32. The highest BCUT2D eigenvalue weighted by Crippen LogP contribution is 2.39. The molecule has 0 aliphatic heterocycles. The van der Waals surface area contributed by atoms with Gasteiger partial charge in [0.25, 0.3) is 0 Å². The van der Waals surface area contributed by atoms with Crippen LogP contribution in [0.5, 0.6) is 17.2 Å². The number of methoxy groups -OCH3 is 2. The summed E-state index contributed by atoms with van der Waals surface area (Å²) in [5, 5.41) is 0.821. The number of rotatable bonds is 7. The van der Waals surface area contributed by atoms with Crippen molar-refractivity contribution < 1.29 is 18.6 Å². The van der Waals surface area contributed by atoms with Crippen molar-refractivity contribution in [1.29, 1.82) is 0 Å². The lowest BCUT2D eigenvalue weighted by molar-refractivity contribution is 0.241. The highest BCUT2D eigenvalue weighted by atomic mass is 35.5. The molecule has 37 heavy (non-hydrogen) atoms. The van der Waals surface area contributed by atoms with Crippen LogP contribution < -0.4 is 19.6 Å². The van der Waals surface area contributed by atoms with Gasteiger partial charge in [-0.25, -0.2) is 0 Å². The maximum absolute atomic E-state index is 14.0. The highest BCUT2D eigenvalue weighted by Gasteiger charge is 2.25. The predicted molar refractivity (Wildman–Crippen MR) is 146 cm³/mol. The summed E-state index contributed by atoms with van der Waals surface area (Å²) in [6.07, 6.45) is -0.553. The Morgan fingerprint density at radius 3 is 2.00 bits per heavy atom. The zero-order valence-corrected chi connectivity index (χ0v) is 21.4. The fraction of sp³-hybridized carbons (Fsp3) is 0.129. The lowest BCUT2D eigenvalue weighted by Gasteiger charge is -2.22. The Morgan fingerprint density at radius 2 is 1.41 bits per heavy atom. The van der Waals surface area contributed by atoms with Crippen molar-refractivity contribution in [3.63, 3.8) is 0 Å². The third-order valence-corrected chi connectivity index (χ3v) is 6.62. The van der Waals surface area contributed by atoms with E-state index in [0.29, 0.717) is 33.1 Å². The van der Waals surface area contributed by atoms with Gasteiger partial charge in [0.05, 0.1) is 19.6 Å². The summed E-state index contributed by atoms with van der Waals surface area (Å²) in [5.41, 5.74) is 3.31. The molecule has 4 aromatic carbocycles. The van der Waals surface area contributed by atoms with Gasteiger partial charge in [-0.3, -0.25) is 4.79 Å². The molecule has 6 heteroatoms. The molecule has 5 aromatic rings. The van der Waals surface area contributed by atoms with Gasteiger partial charge in [0.2, 0.25) is 11.2 Å². The van der Waals surface area contributed by atoms with Gasteiger partial charge in [-0.1, -0.05) is 72.3 Å². The van der Waals surface area contributed by atoms with Crippen molar-refractivity contribution in [3.8, 4) is 28.6 Å². The third kappa shape index (κ3) is 4.78. The number of hydrogen-bond acceptors (Lipinski definition) is 5. The summed E-state index contributed by atoms with van der Waals surface area (Å²) >= 11 is 6.39. The van der Waals surface area contributed by atoms with E-state index in [-0.39, 0.29) is 16.9 Å². The van der Waals surface area contributed by atoms with Crippen LogP contribution >= 0.6 is 11.6 Å². The van der Waals surface area contributed by atoms with Gasteiger partial charge in [0, 0.05) is 10.6 Å². The monoisotopic (exact) mass is 512 g/mol. The van der Waals surface area contributed by atoms with E-state index in [9.17, 15) is 4.79 Å². The van der Waals surface area contributed by atoms with Crippen LogP contribution in [0, 0.1) is 6.92 Å². The molecular formula is C31H25ClO5. The minimum Gasteiger partial charge on any atom is -0.493 e.